The van der Waals surface area contributed by atoms with Crippen molar-refractivity contribution in [2.45, 2.75) is 13.1 Å². The highest BCUT2D eigenvalue weighted by atomic mass is 16.4. The Morgan fingerprint density at radius 3 is 2.69 bits per heavy atom. The van der Waals surface area contributed by atoms with E-state index in [1.165, 1.54) is 5.56 Å². The van der Waals surface area contributed by atoms with Gasteiger partial charge < -0.3 is 15.1 Å². The van der Waals surface area contributed by atoms with Crippen LogP contribution in [0, 0.1) is 0 Å². The Morgan fingerprint density at radius 2 is 1.94 bits per heavy atom. The topological polar surface area (TPSA) is 63.0 Å². The Balaban J connectivity index is 1.89. The summed E-state index contributed by atoms with van der Waals surface area (Å²) in [5, 5.41) is 13.8. The summed E-state index contributed by atoms with van der Waals surface area (Å²) in [6, 6.07) is 10.5. The molecule has 0 aliphatic heterocycles. The lowest BCUT2D eigenvalue weighted by atomic mass is 10.2. The summed E-state index contributed by atoms with van der Waals surface area (Å²) >= 11 is 0. The highest BCUT2D eigenvalue weighted by molar-refractivity contribution is 5.23. The van der Waals surface area contributed by atoms with Crippen molar-refractivity contribution in [2.75, 3.05) is 12.4 Å². The number of hydrogen-bond donors (Lipinski definition) is 2. The Labute approximate surface area is 93.9 Å². The number of benzene rings is 1. The van der Waals surface area contributed by atoms with Crippen LogP contribution < -0.4 is 10.6 Å². The second-order valence-corrected chi connectivity index (χ2v) is 3.37. The van der Waals surface area contributed by atoms with Crippen molar-refractivity contribution in [3.8, 4) is 0 Å². The zero-order valence-corrected chi connectivity index (χ0v) is 9.10. The minimum atomic E-state index is 0.453. The summed E-state index contributed by atoms with van der Waals surface area (Å²) in [6.45, 7) is 1.27. The smallest absolute Gasteiger partial charge is 0.315 e. The third kappa shape index (κ3) is 2.80. The van der Waals surface area contributed by atoms with Crippen molar-refractivity contribution < 1.29 is 4.42 Å². The van der Waals surface area contributed by atoms with E-state index in [-0.39, 0.29) is 0 Å². The highest BCUT2D eigenvalue weighted by Crippen LogP contribution is 2.07. The average molecular weight is 218 g/mol. The minimum absolute atomic E-state index is 0.453. The predicted octanol–water partition coefficient (Wildman–Crippen LogP) is 1.40. The van der Waals surface area contributed by atoms with E-state index in [9.17, 15) is 0 Å². The monoisotopic (exact) mass is 218 g/mol. The molecule has 0 saturated heterocycles. The molecule has 0 bridgehead atoms. The van der Waals surface area contributed by atoms with Gasteiger partial charge in [-0.2, -0.15) is 0 Å². The standard InChI is InChI=1S/C11H14N4O/c1-12-8-10-14-15-11(16-10)13-7-9-5-3-2-4-6-9/h2-6,12H,7-8H2,1H3,(H,13,15). The van der Waals surface area contributed by atoms with Gasteiger partial charge in [-0.05, 0) is 12.6 Å². The largest absolute Gasteiger partial charge is 0.407 e. The van der Waals surface area contributed by atoms with E-state index < -0.39 is 0 Å². The van der Waals surface area contributed by atoms with Gasteiger partial charge in [0.2, 0.25) is 5.89 Å². The van der Waals surface area contributed by atoms with Gasteiger partial charge in [0.1, 0.15) is 0 Å². The molecule has 2 rings (SSSR count). The first-order chi connectivity index (χ1) is 7.88. The Kier molecular flexibility index (Phi) is 3.50. The van der Waals surface area contributed by atoms with Crippen LogP contribution in [0.25, 0.3) is 0 Å². The molecule has 16 heavy (non-hydrogen) atoms. The second kappa shape index (κ2) is 5.27. The number of nitrogens with zero attached hydrogens (tertiary/aromatic N) is 2. The van der Waals surface area contributed by atoms with E-state index in [0.717, 1.165) is 0 Å². The van der Waals surface area contributed by atoms with E-state index in [1.807, 2.05) is 37.4 Å². The number of hydrogen-bond acceptors (Lipinski definition) is 5. The summed E-state index contributed by atoms with van der Waals surface area (Å²) in [7, 11) is 1.83. The summed E-state index contributed by atoms with van der Waals surface area (Å²) in [4.78, 5) is 0. The van der Waals surface area contributed by atoms with Crippen molar-refractivity contribution in [1.29, 1.82) is 0 Å². The van der Waals surface area contributed by atoms with Crippen LogP contribution in [-0.4, -0.2) is 17.2 Å². The van der Waals surface area contributed by atoms with Gasteiger partial charge in [-0.25, -0.2) is 0 Å². The number of rotatable bonds is 5. The Hall–Kier alpha value is -1.88. The lowest BCUT2D eigenvalue weighted by Gasteiger charge is -2.00. The van der Waals surface area contributed by atoms with Crippen molar-refractivity contribution in [3.63, 3.8) is 0 Å². The van der Waals surface area contributed by atoms with Gasteiger partial charge in [-0.1, -0.05) is 35.4 Å². The first-order valence-electron chi connectivity index (χ1n) is 5.13. The average Bonchev–Trinajstić information content (AvgIpc) is 2.76. The molecule has 84 valence electrons. The Bertz CT molecular complexity index is 427. The molecule has 0 aliphatic carbocycles. The fourth-order valence-corrected chi connectivity index (χ4v) is 1.32. The molecule has 0 aliphatic rings. The summed E-state index contributed by atoms with van der Waals surface area (Å²) in [5.41, 5.74) is 1.18. The zero-order valence-electron chi connectivity index (χ0n) is 9.10. The van der Waals surface area contributed by atoms with Crippen LogP contribution in [0.1, 0.15) is 11.5 Å². The van der Waals surface area contributed by atoms with Crippen LogP contribution in [-0.2, 0) is 13.1 Å². The molecule has 5 nitrogen and oxygen atoms in total. The van der Waals surface area contributed by atoms with Gasteiger partial charge in [0.15, 0.2) is 0 Å². The molecule has 5 heteroatoms. The van der Waals surface area contributed by atoms with Crippen LogP contribution in [0.4, 0.5) is 6.01 Å². The third-order valence-corrected chi connectivity index (χ3v) is 2.08. The van der Waals surface area contributed by atoms with Crippen LogP contribution in [0.3, 0.4) is 0 Å². The minimum Gasteiger partial charge on any atom is -0.407 e. The highest BCUT2D eigenvalue weighted by Gasteiger charge is 2.03. The Morgan fingerprint density at radius 1 is 1.12 bits per heavy atom. The maximum Gasteiger partial charge on any atom is 0.315 e. The molecule has 0 saturated carbocycles. The van der Waals surface area contributed by atoms with E-state index in [2.05, 4.69) is 20.8 Å². The van der Waals surface area contributed by atoms with Crippen LogP contribution in [0.15, 0.2) is 34.7 Å². The fourth-order valence-electron chi connectivity index (χ4n) is 1.32. The summed E-state index contributed by atoms with van der Waals surface area (Å²) < 4.78 is 5.35. The maximum atomic E-state index is 5.35. The van der Waals surface area contributed by atoms with Gasteiger partial charge in [-0.15, -0.1) is 5.10 Å². The van der Waals surface area contributed by atoms with Gasteiger partial charge >= 0.3 is 6.01 Å². The predicted molar refractivity (Wildman–Crippen MR) is 60.8 cm³/mol. The van der Waals surface area contributed by atoms with E-state index >= 15 is 0 Å². The molecule has 0 amide bonds. The van der Waals surface area contributed by atoms with E-state index in [1.54, 1.807) is 0 Å². The normalized spacial score (nSPS) is 10.3. The van der Waals surface area contributed by atoms with Crippen molar-refractivity contribution >= 4 is 6.01 Å². The molecule has 0 spiro atoms. The zero-order chi connectivity index (χ0) is 11.2. The number of nitrogens with one attached hydrogen (secondary N) is 2. The SMILES string of the molecule is CNCc1nnc(NCc2ccccc2)o1. The number of anilines is 1. The van der Waals surface area contributed by atoms with Crippen molar-refractivity contribution in [2.24, 2.45) is 0 Å². The van der Waals surface area contributed by atoms with Gasteiger partial charge in [0.25, 0.3) is 0 Å². The van der Waals surface area contributed by atoms with E-state index in [4.69, 9.17) is 4.42 Å². The molecule has 0 radical (unpaired) electrons. The molecule has 1 aromatic carbocycles. The van der Waals surface area contributed by atoms with Gasteiger partial charge in [-0.3, -0.25) is 0 Å². The molecule has 1 heterocycles. The number of aromatic nitrogens is 2. The molecular formula is C11H14N4O. The molecule has 0 atom stereocenters. The molecular weight excluding hydrogens is 204 g/mol. The summed E-state index contributed by atoms with van der Waals surface area (Å²) in [5.74, 6) is 0.582. The molecule has 0 fully saturated rings. The maximum absolute atomic E-state index is 5.35. The van der Waals surface area contributed by atoms with Crippen molar-refractivity contribution in [3.05, 3.63) is 41.8 Å². The van der Waals surface area contributed by atoms with E-state index in [0.29, 0.717) is 25.0 Å². The van der Waals surface area contributed by atoms with Crippen LogP contribution in [0.2, 0.25) is 0 Å². The van der Waals surface area contributed by atoms with Crippen LogP contribution >= 0.6 is 0 Å². The second-order valence-electron chi connectivity index (χ2n) is 3.37. The molecule has 0 unspecified atom stereocenters. The quantitative estimate of drug-likeness (QED) is 0.794. The van der Waals surface area contributed by atoms with Gasteiger partial charge in [0, 0.05) is 6.54 Å². The molecule has 2 aromatic rings. The summed E-state index contributed by atoms with van der Waals surface area (Å²) in [6.07, 6.45) is 0. The lowest BCUT2D eigenvalue weighted by molar-refractivity contribution is 0.489. The van der Waals surface area contributed by atoms with Crippen LogP contribution in [0.5, 0.6) is 0 Å². The van der Waals surface area contributed by atoms with Crippen molar-refractivity contribution in [1.82, 2.24) is 15.5 Å². The van der Waals surface area contributed by atoms with Gasteiger partial charge in [0.05, 0.1) is 6.54 Å². The first-order valence-corrected chi connectivity index (χ1v) is 5.13. The fraction of sp³-hybridized carbons (Fsp3) is 0.273. The molecule has 1 aromatic heterocycles. The first kappa shape index (κ1) is 10.6. The third-order valence-electron chi connectivity index (χ3n) is 2.08. The lowest BCUT2D eigenvalue weighted by Crippen LogP contribution is -2.04. The molecule has 2 N–H and O–H groups in total.